The lowest BCUT2D eigenvalue weighted by Crippen LogP contribution is -2.12. The third-order valence-electron chi connectivity index (χ3n) is 2.03. The lowest BCUT2D eigenvalue weighted by Gasteiger charge is -2.06. The first kappa shape index (κ1) is 12.4. The molecule has 0 radical (unpaired) electrons. The molecule has 0 aliphatic rings. The van der Waals surface area contributed by atoms with E-state index in [9.17, 15) is 4.79 Å². The van der Waals surface area contributed by atoms with Gasteiger partial charge in [-0.05, 0) is 40.3 Å². The summed E-state index contributed by atoms with van der Waals surface area (Å²) in [5, 5.41) is 0.652. The van der Waals surface area contributed by atoms with Crippen molar-refractivity contribution >= 4 is 34.2 Å². The summed E-state index contributed by atoms with van der Waals surface area (Å²) in [5.41, 5.74) is 0.720. The maximum atomic E-state index is 11.3. The highest BCUT2D eigenvalue weighted by molar-refractivity contribution is 14.1. The molecule has 0 atom stereocenters. The number of nitrogens with one attached hydrogen (secondary N) is 1. The van der Waals surface area contributed by atoms with Gasteiger partial charge in [0.1, 0.15) is 10.2 Å². The van der Waals surface area contributed by atoms with Crippen LogP contribution in [0.4, 0.5) is 0 Å². The molecule has 4 nitrogen and oxygen atoms in total. The lowest BCUT2D eigenvalue weighted by molar-refractivity contribution is 0.290. The second-order valence-electron chi connectivity index (χ2n) is 3.27. The van der Waals surface area contributed by atoms with E-state index in [1.54, 1.807) is 6.07 Å². The Labute approximate surface area is 116 Å². The number of aromatic amines is 1. The summed E-state index contributed by atoms with van der Waals surface area (Å²) in [5.74, 6) is 0.328. The molecule has 2 rings (SSSR count). The number of aromatic nitrogens is 2. The molecule has 0 saturated heterocycles. The van der Waals surface area contributed by atoms with Gasteiger partial charge < -0.3 is 9.72 Å². The van der Waals surface area contributed by atoms with Crippen LogP contribution in [-0.4, -0.2) is 9.97 Å². The fourth-order valence-corrected chi connectivity index (χ4v) is 1.91. The van der Waals surface area contributed by atoms with Crippen molar-refractivity contribution in [1.29, 1.82) is 0 Å². The Bertz CT molecular complexity index is 586. The average molecular weight is 363 g/mol. The Morgan fingerprint density at radius 1 is 1.47 bits per heavy atom. The molecule has 0 spiro atoms. The molecule has 0 aliphatic carbocycles. The second-order valence-corrected chi connectivity index (χ2v) is 4.78. The highest BCUT2D eigenvalue weighted by atomic mass is 127. The number of H-pyrrole nitrogens is 1. The van der Waals surface area contributed by atoms with Crippen molar-refractivity contribution in [2.24, 2.45) is 0 Å². The van der Waals surface area contributed by atoms with E-state index in [0.29, 0.717) is 21.1 Å². The van der Waals surface area contributed by atoms with Gasteiger partial charge >= 0.3 is 0 Å². The van der Waals surface area contributed by atoms with E-state index >= 15 is 0 Å². The van der Waals surface area contributed by atoms with Crippen LogP contribution in [0, 0.1) is 3.57 Å². The lowest BCUT2D eigenvalue weighted by atomic mass is 10.2. The topological polar surface area (TPSA) is 55.0 Å². The number of benzene rings is 1. The Morgan fingerprint density at radius 2 is 2.29 bits per heavy atom. The van der Waals surface area contributed by atoms with Gasteiger partial charge in [0, 0.05) is 5.02 Å². The normalized spacial score (nSPS) is 10.2. The Balaban J connectivity index is 2.13. The standard InChI is InChI=1S/C11H8ClIN2O2/c12-8-3-1-2-7(4-8)5-17-11-9(13)10(16)14-6-15-11/h1-4,6H,5H2,(H,14,15,16). The first-order valence-corrected chi connectivity index (χ1v) is 6.23. The minimum atomic E-state index is -0.207. The molecule has 2 aromatic rings. The van der Waals surface area contributed by atoms with Gasteiger partial charge in [0.25, 0.3) is 5.56 Å². The Kier molecular flexibility index (Phi) is 4.01. The zero-order chi connectivity index (χ0) is 12.3. The predicted molar refractivity (Wildman–Crippen MR) is 73.4 cm³/mol. The predicted octanol–water partition coefficient (Wildman–Crippen LogP) is 2.61. The van der Waals surface area contributed by atoms with Gasteiger partial charge in [-0.25, -0.2) is 4.98 Å². The molecular weight excluding hydrogens is 354 g/mol. The quantitative estimate of drug-likeness (QED) is 0.854. The van der Waals surface area contributed by atoms with Crippen molar-refractivity contribution in [3.8, 4) is 5.88 Å². The largest absolute Gasteiger partial charge is 0.472 e. The summed E-state index contributed by atoms with van der Waals surface area (Å²) in [7, 11) is 0. The van der Waals surface area contributed by atoms with Crippen molar-refractivity contribution in [1.82, 2.24) is 9.97 Å². The summed E-state index contributed by atoms with van der Waals surface area (Å²) in [6.07, 6.45) is 1.32. The van der Waals surface area contributed by atoms with Gasteiger partial charge in [0.2, 0.25) is 5.88 Å². The molecule has 0 bridgehead atoms. The smallest absolute Gasteiger partial charge is 0.268 e. The van der Waals surface area contributed by atoms with Crippen LogP contribution in [-0.2, 0) is 6.61 Å². The maximum Gasteiger partial charge on any atom is 0.268 e. The molecule has 0 unspecified atom stereocenters. The van der Waals surface area contributed by atoms with Gasteiger partial charge in [-0.2, -0.15) is 0 Å². The average Bonchev–Trinajstić information content (AvgIpc) is 2.31. The fourth-order valence-electron chi connectivity index (χ4n) is 1.25. The van der Waals surface area contributed by atoms with Gasteiger partial charge in [0.15, 0.2) is 0 Å². The number of halogens is 2. The van der Waals surface area contributed by atoms with Crippen LogP contribution in [0.3, 0.4) is 0 Å². The van der Waals surface area contributed by atoms with Crippen molar-refractivity contribution in [2.75, 3.05) is 0 Å². The minimum absolute atomic E-state index is 0.207. The Morgan fingerprint density at radius 3 is 3.06 bits per heavy atom. The molecule has 17 heavy (non-hydrogen) atoms. The Hall–Kier alpha value is -1.08. The highest BCUT2D eigenvalue weighted by Crippen LogP contribution is 2.15. The number of hydrogen-bond donors (Lipinski definition) is 1. The summed E-state index contributed by atoms with van der Waals surface area (Å²) >= 11 is 7.75. The number of ether oxygens (including phenoxy) is 1. The summed E-state index contributed by atoms with van der Waals surface area (Å²) in [6.45, 7) is 0.326. The monoisotopic (exact) mass is 362 g/mol. The highest BCUT2D eigenvalue weighted by Gasteiger charge is 2.06. The minimum Gasteiger partial charge on any atom is -0.472 e. The summed E-state index contributed by atoms with van der Waals surface area (Å²) in [4.78, 5) is 17.7. The zero-order valence-corrected chi connectivity index (χ0v) is 11.5. The van der Waals surface area contributed by atoms with Gasteiger partial charge in [-0.3, -0.25) is 4.79 Å². The fraction of sp³-hybridized carbons (Fsp3) is 0.0909. The van der Waals surface area contributed by atoms with Crippen LogP contribution in [0.2, 0.25) is 5.02 Å². The number of rotatable bonds is 3. The molecule has 1 heterocycles. The molecule has 1 N–H and O–H groups in total. The van der Waals surface area contributed by atoms with E-state index in [2.05, 4.69) is 9.97 Å². The molecule has 1 aromatic carbocycles. The molecule has 0 amide bonds. The van der Waals surface area contributed by atoms with E-state index < -0.39 is 0 Å². The van der Waals surface area contributed by atoms with Crippen LogP contribution >= 0.6 is 34.2 Å². The first-order chi connectivity index (χ1) is 8.16. The SMILES string of the molecule is O=c1[nH]cnc(OCc2cccc(Cl)c2)c1I. The van der Waals surface area contributed by atoms with E-state index in [1.165, 1.54) is 6.33 Å². The zero-order valence-electron chi connectivity index (χ0n) is 8.61. The third-order valence-corrected chi connectivity index (χ3v) is 3.22. The van der Waals surface area contributed by atoms with Crippen molar-refractivity contribution in [3.05, 3.63) is 55.1 Å². The number of nitrogens with zero attached hydrogens (tertiary/aromatic N) is 1. The van der Waals surface area contributed by atoms with E-state index in [-0.39, 0.29) is 5.56 Å². The van der Waals surface area contributed by atoms with E-state index in [0.717, 1.165) is 5.56 Å². The molecule has 1 aromatic heterocycles. The third kappa shape index (κ3) is 3.19. The molecular formula is C11H8ClIN2O2. The van der Waals surface area contributed by atoms with Crippen LogP contribution < -0.4 is 10.3 Å². The maximum absolute atomic E-state index is 11.3. The first-order valence-electron chi connectivity index (χ1n) is 4.77. The van der Waals surface area contributed by atoms with Gasteiger partial charge in [-0.1, -0.05) is 23.7 Å². The van der Waals surface area contributed by atoms with Crippen LogP contribution in [0.1, 0.15) is 5.56 Å². The second kappa shape index (κ2) is 5.50. The van der Waals surface area contributed by atoms with Crippen LogP contribution in [0.25, 0.3) is 0 Å². The van der Waals surface area contributed by atoms with Crippen LogP contribution in [0.15, 0.2) is 35.4 Å². The number of hydrogen-bond acceptors (Lipinski definition) is 3. The molecule has 88 valence electrons. The van der Waals surface area contributed by atoms with Crippen molar-refractivity contribution in [3.63, 3.8) is 0 Å². The van der Waals surface area contributed by atoms with Crippen molar-refractivity contribution in [2.45, 2.75) is 6.61 Å². The molecule has 0 saturated carbocycles. The molecule has 6 heteroatoms. The van der Waals surface area contributed by atoms with E-state index in [1.807, 2.05) is 40.8 Å². The molecule has 0 aliphatic heterocycles. The van der Waals surface area contributed by atoms with Gasteiger partial charge in [-0.15, -0.1) is 0 Å². The van der Waals surface area contributed by atoms with Crippen molar-refractivity contribution < 1.29 is 4.74 Å². The van der Waals surface area contributed by atoms with Gasteiger partial charge in [0.05, 0.1) is 6.33 Å². The summed E-state index contributed by atoms with van der Waals surface area (Å²) < 4.78 is 5.90. The van der Waals surface area contributed by atoms with E-state index in [4.69, 9.17) is 16.3 Å². The van der Waals surface area contributed by atoms with Crippen LogP contribution in [0.5, 0.6) is 5.88 Å². The summed E-state index contributed by atoms with van der Waals surface area (Å²) in [6, 6.07) is 7.34. The molecule has 0 fully saturated rings.